The molecule has 0 amide bonds. The summed E-state index contributed by atoms with van der Waals surface area (Å²) in [4.78, 5) is 0.0703. The number of rotatable bonds is 4. The van der Waals surface area contributed by atoms with Gasteiger partial charge in [-0.15, -0.1) is 0 Å². The number of aliphatic hydroxyl groups excluding tert-OH is 1. The molecule has 30 heavy (non-hydrogen) atoms. The first-order valence-corrected chi connectivity index (χ1v) is 12.0. The standard InChI is InChI=1S/C22H32N2O5S/c1-16-14-24(17(2)15-25)30(27,28)21-7-6-18(8-11-22(26)9-4-5-10-22)12-19(21)29-20(16)13-23-3/h6-7,12,16-17,20,23,25-26H,4-5,9-10,13-15H2,1-3H3/t16-,17+,20+/m1/s1. The van der Waals surface area contributed by atoms with Crippen LogP contribution in [-0.4, -0.2) is 67.4 Å². The first kappa shape index (κ1) is 23.0. The highest BCUT2D eigenvalue weighted by Crippen LogP contribution is 2.34. The Hall–Kier alpha value is -1.63. The molecule has 3 N–H and O–H groups in total. The predicted molar refractivity (Wildman–Crippen MR) is 115 cm³/mol. The van der Waals surface area contributed by atoms with E-state index in [1.807, 2.05) is 14.0 Å². The van der Waals surface area contributed by atoms with Crippen LogP contribution in [0.5, 0.6) is 5.75 Å². The zero-order chi connectivity index (χ0) is 21.9. The Kier molecular flexibility index (Phi) is 7.10. The van der Waals surface area contributed by atoms with Crippen LogP contribution in [0.2, 0.25) is 0 Å². The highest BCUT2D eigenvalue weighted by Gasteiger charge is 2.37. The van der Waals surface area contributed by atoms with Gasteiger partial charge in [0.15, 0.2) is 0 Å². The summed E-state index contributed by atoms with van der Waals surface area (Å²) in [5.74, 6) is 6.11. The van der Waals surface area contributed by atoms with Crippen molar-refractivity contribution < 1.29 is 23.4 Å². The quantitative estimate of drug-likeness (QED) is 0.616. The zero-order valence-corrected chi connectivity index (χ0v) is 18.7. The van der Waals surface area contributed by atoms with Crippen LogP contribution in [0.25, 0.3) is 0 Å². The molecule has 0 saturated heterocycles. The van der Waals surface area contributed by atoms with E-state index < -0.39 is 21.7 Å². The fourth-order valence-electron chi connectivity index (χ4n) is 4.02. The number of nitrogens with one attached hydrogen (secondary N) is 1. The van der Waals surface area contributed by atoms with Gasteiger partial charge in [-0.2, -0.15) is 4.31 Å². The molecule has 166 valence electrons. The minimum Gasteiger partial charge on any atom is -0.487 e. The number of aliphatic hydroxyl groups is 2. The lowest BCUT2D eigenvalue weighted by atomic mass is 10.0. The summed E-state index contributed by atoms with van der Waals surface area (Å²) >= 11 is 0. The largest absolute Gasteiger partial charge is 0.487 e. The number of benzene rings is 1. The van der Waals surface area contributed by atoms with Crippen LogP contribution >= 0.6 is 0 Å². The van der Waals surface area contributed by atoms with Gasteiger partial charge in [0.2, 0.25) is 10.0 Å². The van der Waals surface area contributed by atoms with Gasteiger partial charge in [-0.25, -0.2) is 8.42 Å². The lowest BCUT2D eigenvalue weighted by molar-refractivity contribution is 0.103. The van der Waals surface area contributed by atoms with Gasteiger partial charge in [-0.3, -0.25) is 0 Å². The minimum atomic E-state index is -3.85. The van der Waals surface area contributed by atoms with E-state index in [1.165, 1.54) is 10.4 Å². The van der Waals surface area contributed by atoms with Crippen molar-refractivity contribution in [2.45, 2.75) is 62.2 Å². The summed E-state index contributed by atoms with van der Waals surface area (Å²) in [5, 5.41) is 23.2. The van der Waals surface area contributed by atoms with Crippen LogP contribution in [0.15, 0.2) is 23.1 Å². The van der Waals surface area contributed by atoms with Crippen LogP contribution in [0.4, 0.5) is 0 Å². The molecule has 1 saturated carbocycles. The summed E-state index contributed by atoms with van der Waals surface area (Å²) in [6.07, 6.45) is 2.98. The number of hydrogen-bond donors (Lipinski definition) is 3. The van der Waals surface area contributed by atoms with Crippen molar-refractivity contribution in [1.82, 2.24) is 9.62 Å². The predicted octanol–water partition coefficient (Wildman–Crippen LogP) is 1.33. The fraction of sp³-hybridized carbons (Fsp3) is 0.636. The van der Waals surface area contributed by atoms with Crippen molar-refractivity contribution >= 4 is 10.0 Å². The molecule has 0 bridgehead atoms. The molecule has 3 rings (SSSR count). The lowest BCUT2D eigenvalue weighted by Gasteiger charge is -2.36. The van der Waals surface area contributed by atoms with E-state index in [4.69, 9.17) is 4.74 Å². The van der Waals surface area contributed by atoms with E-state index in [0.29, 0.717) is 24.9 Å². The summed E-state index contributed by atoms with van der Waals surface area (Å²) in [6.45, 7) is 4.18. The summed E-state index contributed by atoms with van der Waals surface area (Å²) in [5.41, 5.74) is -0.365. The first-order valence-electron chi connectivity index (χ1n) is 10.5. The average Bonchev–Trinajstić information content (AvgIpc) is 3.15. The SMILES string of the molecule is CNC[C@@H]1Oc2cc(C#CC3(O)CCCC3)ccc2S(=O)(=O)N([C@@H](C)CO)C[C@H]1C. The van der Waals surface area contributed by atoms with Crippen LogP contribution in [0, 0.1) is 17.8 Å². The molecule has 1 heterocycles. The summed E-state index contributed by atoms with van der Waals surface area (Å²) in [7, 11) is -2.03. The Balaban J connectivity index is 2.05. The molecule has 1 fully saturated rings. The van der Waals surface area contributed by atoms with Crippen molar-refractivity contribution in [1.29, 1.82) is 0 Å². The number of ether oxygens (including phenoxy) is 1. The van der Waals surface area contributed by atoms with Gasteiger partial charge >= 0.3 is 0 Å². The molecular weight excluding hydrogens is 404 g/mol. The second-order valence-corrected chi connectivity index (χ2v) is 10.3. The second-order valence-electron chi connectivity index (χ2n) is 8.45. The number of nitrogens with zero attached hydrogens (tertiary/aromatic N) is 1. The van der Waals surface area contributed by atoms with Crippen molar-refractivity contribution in [3.05, 3.63) is 23.8 Å². The van der Waals surface area contributed by atoms with Gasteiger partial charge in [-0.1, -0.05) is 18.8 Å². The number of fused-ring (bicyclic) bond motifs is 1. The van der Waals surface area contributed by atoms with Gasteiger partial charge < -0.3 is 20.3 Å². The third-order valence-electron chi connectivity index (χ3n) is 5.94. The monoisotopic (exact) mass is 436 g/mol. The maximum atomic E-state index is 13.4. The third-order valence-corrected chi connectivity index (χ3v) is 7.96. The molecule has 3 atom stereocenters. The molecular formula is C22H32N2O5S. The van der Waals surface area contributed by atoms with Gasteiger partial charge in [0.25, 0.3) is 0 Å². The highest BCUT2D eigenvalue weighted by molar-refractivity contribution is 7.89. The molecule has 1 aliphatic carbocycles. The first-order chi connectivity index (χ1) is 14.2. The molecule has 0 spiro atoms. The molecule has 1 aliphatic heterocycles. The van der Waals surface area contributed by atoms with Crippen molar-refractivity contribution in [2.24, 2.45) is 5.92 Å². The Bertz CT molecular complexity index is 915. The summed E-state index contributed by atoms with van der Waals surface area (Å²) < 4.78 is 34.2. The van der Waals surface area contributed by atoms with E-state index in [9.17, 15) is 18.6 Å². The number of likely N-dealkylation sites (N-methyl/N-ethyl adjacent to an activating group) is 1. The molecule has 0 aromatic heterocycles. The van der Waals surface area contributed by atoms with E-state index in [2.05, 4.69) is 17.2 Å². The molecule has 0 unspecified atom stereocenters. The van der Waals surface area contributed by atoms with Crippen LogP contribution in [0.1, 0.15) is 45.1 Å². The molecule has 1 aromatic rings. The third kappa shape index (κ3) is 4.82. The molecule has 1 aromatic carbocycles. The molecule has 2 aliphatic rings. The summed E-state index contributed by atoms with van der Waals surface area (Å²) in [6, 6.07) is 4.25. The maximum Gasteiger partial charge on any atom is 0.247 e. The average molecular weight is 437 g/mol. The second kappa shape index (κ2) is 9.25. The molecule has 7 nitrogen and oxygen atoms in total. The van der Waals surface area contributed by atoms with E-state index in [0.717, 1.165) is 12.8 Å². The van der Waals surface area contributed by atoms with Crippen molar-refractivity contribution in [3.8, 4) is 17.6 Å². The van der Waals surface area contributed by atoms with Gasteiger partial charge in [-0.05, 0) is 57.9 Å². The van der Waals surface area contributed by atoms with E-state index >= 15 is 0 Å². The van der Waals surface area contributed by atoms with Gasteiger partial charge in [0, 0.05) is 30.6 Å². The normalized spacial score (nSPS) is 26.4. The van der Waals surface area contributed by atoms with Crippen LogP contribution < -0.4 is 10.1 Å². The lowest BCUT2D eigenvalue weighted by Crippen LogP contribution is -2.49. The van der Waals surface area contributed by atoms with E-state index in [-0.39, 0.29) is 35.8 Å². The Morgan fingerprint density at radius 2 is 2.07 bits per heavy atom. The van der Waals surface area contributed by atoms with Gasteiger partial charge in [0.1, 0.15) is 22.4 Å². The Labute approximate surface area is 179 Å². The number of sulfonamides is 1. The highest BCUT2D eigenvalue weighted by atomic mass is 32.2. The Morgan fingerprint density at radius 1 is 1.37 bits per heavy atom. The molecule has 0 radical (unpaired) electrons. The smallest absolute Gasteiger partial charge is 0.247 e. The van der Waals surface area contributed by atoms with Gasteiger partial charge in [0.05, 0.1) is 6.61 Å². The topological polar surface area (TPSA) is 99.1 Å². The minimum absolute atomic E-state index is 0.0703. The van der Waals surface area contributed by atoms with Crippen molar-refractivity contribution in [3.63, 3.8) is 0 Å². The van der Waals surface area contributed by atoms with Crippen molar-refractivity contribution in [2.75, 3.05) is 26.7 Å². The van der Waals surface area contributed by atoms with Crippen LogP contribution in [-0.2, 0) is 10.0 Å². The van der Waals surface area contributed by atoms with E-state index in [1.54, 1.807) is 19.1 Å². The number of hydrogen-bond acceptors (Lipinski definition) is 6. The zero-order valence-electron chi connectivity index (χ0n) is 17.9. The molecule has 8 heteroatoms. The Morgan fingerprint density at radius 3 is 2.70 bits per heavy atom. The maximum absolute atomic E-state index is 13.4. The van der Waals surface area contributed by atoms with Crippen LogP contribution in [0.3, 0.4) is 0 Å². The fourth-order valence-corrected chi connectivity index (χ4v) is 5.85.